The van der Waals surface area contributed by atoms with Crippen molar-refractivity contribution in [1.82, 2.24) is 0 Å². The zero-order chi connectivity index (χ0) is 14.4. The molecule has 0 aromatic heterocycles. The SMILES string of the molecule is COC(=O)/C(C#N)=C\Nc1cc([N+](=O)[O-])ccc1C. The van der Waals surface area contributed by atoms with Crippen LogP contribution in [0.25, 0.3) is 0 Å². The second-order valence-corrected chi connectivity index (χ2v) is 3.56. The minimum Gasteiger partial charge on any atom is -0.465 e. The number of anilines is 1. The molecule has 7 nitrogen and oxygen atoms in total. The number of nitrogens with one attached hydrogen (secondary N) is 1. The van der Waals surface area contributed by atoms with Gasteiger partial charge in [0.2, 0.25) is 0 Å². The van der Waals surface area contributed by atoms with Gasteiger partial charge >= 0.3 is 5.97 Å². The average molecular weight is 261 g/mol. The van der Waals surface area contributed by atoms with E-state index in [1.807, 2.05) is 0 Å². The number of non-ortho nitro benzene ring substituents is 1. The van der Waals surface area contributed by atoms with E-state index >= 15 is 0 Å². The Kier molecular flexibility index (Phi) is 4.60. The summed E-state index contributed by atoms with van der Waals surface area (Å²) < 4.78 is 4.41. The van der Waals surface area contributed by atoms with Crippen molar-refractivity contribution in [1.29, 1.82) is 5.26 Å². The van der Waals surface area contributed by atoms with E-state index in [4.69, 9.17) is 5.26 Å². The number of aryl methyl sites for hydroxylation is 1. The van der Waals surface area contributed by atoms with Gasteiger partial charge in [-0.15, -0.1) is 0 Å². The second-order valence-electron chi connectivity index (χ2n) is 3.56. The third-order valence-electron chi connectivity index (χ3n) is 2.33. The van der Waals surface area contributed by atoms with E-state index in [0.717, 1.165) is 18.9 Å². The molecular weight excluding hydrogens is 250 g/mol. The van der Waals surface area contributed by atoms with E-state index < -0.39 is 10.9 Å². The number of ether oxygens (including phenoxy) is 1. The number of carbonyl (C=O) groups is 1. The molecule has 0 atom stereocenters. The Labute approximate surface area is 109 Å². The van der Waals surface area contributed by atoms with Gasteiger partial charge in [0, 0.05) is 24.0 Å². The predicted molar refractivity (Wildman–Crippen MR) is 67.2 cm³/mol. The van der Waals surface area contributed by atoms with E-state index in [0.29, 0.717) is 5.69 Å². The standard InChI is InChI=1S/C12H11N3O4/c1-8-3-4-10(15(17)18)5-11(8)14-7-9(6-13)12(16)19-2/h3-5,7,14H,1-2H3/b9-7-. The Bertz CT molecular complexity index is 587. The highest BCUT2D eigenvalue weighted by atomic mass is 16.6. The monoisotopic (exact) mass is 261 g/mol. The van der Waals surface area contributed by atoms with Crippen LogP contribution >= 0.6 is 0 Å². The molecule has 0 aliphatic heterocycles. The van der Waals surface area contributed by atoms with Crippen LogP contribution in [0.5, 0.6) is 0 Å². The largest absolute Gasteiger partial charge is 0.465 e. The molecule has 0 saturated heterocycles. The summed E-state index contributed by atoms with van der Waals surface area (Å²) in [7, 11) is 1.16. The molecule has 0 radical (unpaired) electrons. The Morgan fingerprint density at radius 3 is 2.79 bits per heavy atom. The lowest BCUT2D eigenvalue weighted by molar-refractivity contribution is -0.384. The highest BCUT2D eigenvalue weighted by Gasteiger charge is 2.10. The van der Waals surface area contributed by atoms with Gasteiger partial charge in [-0.25, -0.2) is 4.79 Å². The number of hydrogen-bond donors (Lipinski definition) is 1. The molecule has 0 heterocycles. The molecule has 0 spiro atoms. The van der Waals surface area contributed by atoms with E-state index in [9.17, 15) is 14.9 Å². The number of hydrogen-bond acceptors (Lipinski definition) is 6. The summed E-state index contributed by atoms with van der Waals surface area (Å²) in [6, 6.07) is 5.93. The number of esters is 1. The molecule has 98 valence electrons. The van der Waals surface area contributed by atoms with E-state index in [-0.39, 0.29) is 11.3 Å². The van der Waals surface area contributed by atoms with Gasteiger partial charge in [-0.1, -0.05) is 6.07 Å². The van der Waals surface area contributed by atoms with Crippen molar-refractivity contribution < 1.29 is 14.5 Å². The summed E-state index contributed by atoms with van der Waals surface area (Å²) in [4.78, 5) is 21.3. The zero-order valence-corrected chi connectivity index (χ0v) is 10.3. The maximum Gasteiger partial charge on any atom is 0.350 e. The Morgan fingerprint density at radius 1 is 1.58 bits per heavy atom. The molecule has 0 unspecified atom stereocenters. The fourth-order valence-corrected chi connectivity index (χ4v) is 1.28. The molecule has 0 aliphatic rings. The van der Waals surface area contributed by atoms with E-state index in [1.165, 1.54) is 12.1 Å². The van der Waals surface area contributed by atoms with Crippen molar-refractivity contribution in [3.8, 4) is 6.07 Å². The highest BCUT2D eigenvalue weighted by Crippen LogP contribution is 2.22. The number of rotatable bonds is 4. The smallest absolute Gasteiger partial charge is 0.350 e. The van der Waals surface area contributed by atoms with Crippen LogP contribution in [0.4, 0.5) is 11.4 Å². The van der Waals surface area contributed by atoms with Crippen LogP contribution in [0.1, 0.15) is 5.56 Å². The van der Waals surface area contributed by atoms with Crippen molar-refractivity contribution in [2.75, 3.05) is 12.4 Å². The van der Waals surface area contributed by atoms with Crippen LogP contribution in [0.2, 0.25) is 0 Å². The number of nitriles is 1. The molecule has 0 saturated carbocycles. The first-order valence-corrected chi connectivity index (χ1v) is 5.19. The minimum absolute atomic E-state index is 0.0851. The Morgan fingerprint density at radius 2 is 2.26 bits per heavy atom. The second kappa shape index (κ2) is 6.16. The van der Waals surface area contributed by atoms with Crippen molar-refractivity contribution in [2.45, 2.75) is 6.92 Å². The number of nitrogens with zero attached hydrogens (tertiary/aromatic N) is 2. The summed E-state index contributed by atoms with van der Waals surface area (Å²) in [5.41, 5.74) is 0.862. The van der Waals surface area contributed by atoms with Crippen LogP contribution in [0.3, 0.4) is 0 Å². The predicted octanol–water partition coefficient (Wildman–Crippen LogP) is 1.90. The van der Waals surface area contributed by atoms with Crippen LogP contribution in [-0.4, -0.2) is 18.0 Å². The van der Waals surface area contributed by atoms with Gasteiger partial charge in [-0.2, -0.15) is 5.26 Å². The lowest BCUT2D eigenvalue weighted by Gasteiger charge is -2.05. The first-order valence-electron chi connectivity index (χ1n) is 5.19. The van der Waals surface area contributed by atoms with Gasteiger partial charge in [0.25, 0.3) is 5.69 Å². The van der Waals surface area contributed by atoms with E-state index in [1.54, 1.807) is 19.1 Å². The summed E-state index contributed by atoms with van der Waals surface area (Å²) in [5, 5.41) is 22.1. The molecule has 19 heavy (non-hydrogen) atoms. The Balaban J connectivity index is 3.03. The van der Waals surface area contributed by atoms with Crippen molar-refractivity contribution >= 4 is 17.3 Å². The van der Waals surface area contributed by atoms with Gasteiger partial charge in [0.05, 0.1) is 12.0 Å². The van der Waals surface area contributed by atoms with Gasteiger partial charge in [-0.05, 0) is 12.5 Å². The lowest BCUT2D eigenvalue weighted by Crippen LogP contribution is -2.05. The fraction of sp³-hybridized carbons (Fsp3) is 0.167. The average Bonchev–Trinajstić information content (AvgIpc) is 2.40. The number of nitro groups is 1. The van der Waals surface area contributed by atoms with E-state index in [2.05, 4.69) is 10.1 Å². The topological polar surface area (TPSA) is 105 Å². The molecule has 0 fully saturated rings. The number of carbonyl (C=O) groups excluding carboxylic acids is 1. The van der Waals surface area contributed by atoms with Gasteiger partial charge in [0.1, 0.15) is 6.07 Å². The summed E-state index contributed by atoms with van der Waals surface area (Å²) >= 11 is 0. The third kappa shape index (κ3) is 3.54. The highest BCUT2D eigenvalue weighted by molar-refractivity contribution is 5.93. The molecule has 1 N–H and O–H groups in total. The van der Waals surface area contributed by atoms with Crippen LogP contribution in [0.15, 0.2) is 30.0 Å². The molecule has 7 heteroatoms. The summed E-state index contributed by atoms with van der Waals surface area (Å²) in [6.07, 6.45) is 1.15. The normalized spacial score (nSPS) is 10.5. The number of methoxy groups -OCH3 is 1. The number of benzene rings is 1. The first kappa shape index (κ1) is 14.2. The maximum atomic E-state index is 11.2. The molecule has 1 aromatic carbocycles. The quantitative estimate of drug-likeness (QED) is 0.292. The lowest BCUT2D eigenvalue weighted by atomic mass is 10.2. The molecule has 0 aliphatic carbocycles. The van der Waals surface area contributed by atoms with Crippen LogP contribution in [-0.2, 0) is 9.53 Å². The van der Waals surface area contributed by atoms with Crippen molar-refractivity contribution in [3.05, 3.63) is 45.6 Å². The Hall–Kier alpha value is -2.88. The van der Waals surface area contributed by atoms with Crippen molar-refractivity contribution in [2.24, 2.45) is 0 Å². The molecule has 1 rings (SSSR count). The first-order chi connectivity index (χ1) is 8.99. The molecule has 1 aromatic rings. The van der Waals surface area contributed by atoms with Gasteiger partial charge in [0.15, 0.2) is 5.57 Å². The number of nitro benzene ring substituents is 1. The minimum atomic E-state index is -0.780. The summed E-state index contributed by atoms with van der Waals surface area (Å²) in [5.74, 6) is -0.780. The summed E-state index contributed by atoms with van der Waals surface area (Å²) in [6.45, 7) is 1.74. The van der Waals surface area contributed by atoms with Gasteiger partial charge in [-0.3, -0.25) is 10.1 Å². The van der Waals surface area contributed by atoms with Crippen LogP contribution in [0, 0.1) is 28.4 Å². The molecular formula is C12H11N3O4. The molecule has 0 amide bonds. The zero-order valence-electron chi connectivity index (χ0n) is 10.3. The molecule has 0 bridgehead atoms. The van der Waals surface area contributed by atoms with Crippen molar-refractivity contribution in [3.63, 3.8) is 0 Å². The third-order valence-corrected chi connectivity index (χ3v) is 2.33. The maximum absolute atomic E-state index is 11.2. The van der Waals surface area contributed by atoms with Gasteiger partial charge < -0.3 is 10.1 Å². The fourth-order valence-electron chi connectivity index (χ4n) is 1.28. The van der Waals surface area contributed by atoms with Crippen LogP contribution < -0.4 is 5.32 Å².